The number of amides is 1. The first-order chi connectivity index (χ1) is 11.1. The van der Waals surface area contributed by atoms with E-state index in [0.29, 0.717) is 23.7 Å². The van der Waals surface area contributed by atoms with Gasteiger partial charge < -0.3 is 10.1 Å². The van der Waals surface area contributed by atoms with E-state index in [2.05, 4.69) is 10.4 Å². The molecule has 1 fully saturated rings. The van der Waals surface area contributed by atoms with Crippen molar-refractivity contribution >= 4 is 5.91 Å². The largest absolute Gasteiger partial charge is 0.381 e. The lowest BCUT2D eigenvalue weighted by atomic mass is 10.1. The van der Waals surface area contributed by atoms with E-state index in [9.17, 15) is 9.59 Å². The van der Waals surface area contributed by atoms with Gasteiger partial charge in [-0.3, -0.25) is 9.59 Å². The molecule has 0 radical (unpaired) electrons. The zero-order chi connectivity index (χ0) is 16.2. The van der Waals surface area contributed by atoms with E-state index in [1.807, 2.05) is 12.1 Å². The average molecular weight is 313 g/mol. The summed E-state index contributed by atoms with van der Waals surface area (Å²) < 4.78 is 6.59. The van der Waals surface area contributed by atoms with Gasteiger partial charge in [0, 0.05) is 43.3 Å². The average Bonchev–Trinajstić information content (AvgIpc) is 3.09. The third-order valence-corrected chi connectivity index (χ3v) is 3.98. The van der Waals surface area contributed by atoms with E-state index in [1.54, 1.807) is 25.2 Å². The Bertz CT molecular complexity index is 746. The highest BCUT2D eigenvalue weighted by Crippen LogP contribution is 2.16. The second kappa shape index (κ2) is 6.75. The minimum Gasteiger partial charge on any atom is -0.381 e. The third-order valence-electron chi connectivity index (χ3n) is 3.98. The van der Waals surface area contributed by atoms with Gasteiger partial charge in [0.2, 0.25) is 0 Å². The molecule has 1 unspecified atom stereocenters. The van der Waals surface area contributed by atoms with Crippen LogP contribution in [0, 0.1) is 5.92 Å². The standard InChI is InChI=1S/C17H19N3O3/c1-20-16(21)7-6-15(19-20)13-2-4-14(5-3-13)17(22)18-10-12-8-9-23-11-12/h2-7,12H,8-11H2,1H3,(H,18,22). The van der Waals surface area contributed by atoms with Crippen LogP contribution in [0.1, 0.15) is 16.8 Å². The van der Waals surface area contributed by atoms with Gasteiger partial charge in [0.25, 0.3) is 11.5 Å². The molecule has 6 heteroatoms. The first-order valence-corrected chi connectivity index (χ1v) is 7.64. The molecule has 1 aliphatic heterocycles. The Balaban J connectivity index is 1.67. The Hall–Kier alpha value is -2.47. The highest BCUT2D eigenvalue weighted by molar-refractivity contribution is 5.94. The van der Waals surface area contributed by atoms with Crippen molar-refractivity contribution in [3.8, 4) is 11.3 Å². The summed E-state index contributed by atoms with van der Waals surface area (Å²) in [4.78, 5) is 23.5. The van der Waals surface area contributed by atoms with Crippen LogP contribution in [0.25, 0.3) is 11.3 Å². The summed E-state index contributed by atoms with van der Waals surface area (Å²) in [5.41, 5.74) is 2.02. The molecule has 1 N–H and O–H groups in total. The summed E-state index contributed by atoms with van der Waals surface area (Å²) >= 11 is 0. The van der Waals surface area contributed by atoms with Crippen molar-refractivity contribution in [2.75, 3.05) is 19.8 Å². The van der Waals surface area contributed by atoms with E-state index < -0.39 is 0 Å². The summed E-state index contributed by atoms with van der Waals surface area (Å²) in [5.74, 6) is 0.324. The number of nitrogens with one attached hydrogen (secondary N) is 1. The summed E-state index contributed by atoms with van der Waals surface area (Å²) in [7, 11) is 1.61. The Morgan fingerprint density at radius 2 is 2.09 bits per heavy atom. The van der Waals surface area contributed by atoms with Gasteiger partial charge in [0.15, 0.2) is 0 Å². The summed E-state index contributed by atoms with van der Waals surface area (Å²) in [6.07, 6.45) is 0.998. The van der Waals surface area contributed by atoms with Crippen LogP contribution >= 0.6 is 0 Å². The maximum atomic E-state index is 12.1. The second-order valence-electron chi connectivity index (χ2n) is 5.70. The molecule has 0 bridgehead atoms. The zero-order valence-corrected chi connectivity index (χ0v) is 13.0. The topological polar surface area (TPSA) is 73.2 Å². The molecule has 2 heterocycles. The van der Waals surface area contributed by atoms with Gasteiger partial charge in [-0.25, -0.2) is 4.68 Å². The maximum Gasteiger partial charge on any atom is 0.266 e. The van der Waals surface area contributed by atoms with E-state index in [0.717, 1.165) is 25.2 Å². The molecule has 120 valence electrons. The first-order valence-electron chi connectivity index (χ1n) is 7.64. The molecule has 3 rings (SSSR count). The number of rotatable bonds is 4. The van der Waals surface area contributed by atoms with Gasteiger partial charge >= 0.3 is 0 Å². The predicted octanol–water partition coefficient (Wildman–Crippen LogP) is 1.21. The molecular weight excluding hydrogens is 294 g/mol. The molecule has 1 atom stereocenters. The first kappa shape index (κ1) is 15.4. The van der Waals surface area contributed by atoms with Crippen LogP contribution in [0.2, 0.25) is 0 Å². The number of hydrogen-bond donors (Lipinski definition) is 1. The number of aryl methyl sites for hydroxylation is 1. The van der Waals surface area contributed by atoms with Crippen molar-refractivity contribution in [1.29, 1.82) is 0 Å². The van der Waals surface area contributed by atoms with Crippen LogP contribution in [-0.4, -0.2) is 35.4 Å². The highest BCUT2D eigenvalue weighted by atomic mass is 16.5. The molecule has 0 aliphatic carbocycles. The van der Waals surface area contributed by atoms with Gasteiger partial charge in [-0.05, 0) is 24.6 Å². The molecule has 1 aromatic carbocycles. The third kappa shape index (κ3) is 3.65. The molecule has 2 aromatic rings. The maximum absolute atomic E-state index is 12.1. The Morgan fingerprint density at radius 3 is 2.74 bits per heavy atom. The number of carbonyl (C=O) groups is 1. The smallest absolute Gasteiger partial charge is 0.266 e. The molecule has 1 amide bonds. The molecule has 23 heavy (non-hydrogen) atoms. The molecule has 1 saturated heterocycles. The van der Waals surface area contributed by atoms with Crippen LogP contribution in [0.5, 0.6) is 0 Å². The molecule has 0 saturated carbocycles. The van der Waals surface area contributed by atoms with Crippen LogP contribution in [0.3, 0.4) is 0 Å². The number of ether oxygens (including phenoxy) is 1. The Kier molecular flexibility index (Phi) is 4.52. The van der Waals surface area contributed by atoms with Crippen molar-refractivity contribution in [2.24, 2.45) is 13.0 Å². The van der Waals surface area contributed by atoms with Crippen LogP contribution in [0.4, 0.5) is 0 Å². The lowest BCUT2D eigenvalue weighted by molar-refractivity contribution is 0.0945. The number of carbonyl (C=O) groups excluding carboxylic acids is 1. The van der Waals surface area contributed by atoms with E-state index >= 15 is 0 Å². The lowest BCUT2D eigenvalue weighted by Crippen LogP contribution is -2.29. The zero-order valence-electron chi connectivity index (χ0n) is 13.0. The fraction of sp³-hybridized carbons (Fsp3) is 0.353. The van der Waals surface area contributed by atoms with Gasteiger partial charge in [0.1, 0.15) is 0 Å². The van der Waals surface area contributed by atoms with Crippen molar-refractivity contribution in [3.05, 3.63) is 52.3 Å². The minimum absolute atomic E-state index is 0.0862. The van der Waals surface area contributed by atoms with E-state index in [4.69, 9.17) is 4.74 Å². The fourth-order valence-electron chi connectivity index (χ4n) is 2.53. The molecular formula is C17H19N3O3. The van der Waals surface area contributed by atoms with Crippen LogP contribution < -0.4 is 10.9 Å². The Labute approximate surface area is 134 Å². The highest BCUT2D eigenvalue weighted by Gasteiger charge is 2.16. The molecule has 1 aliphatic rings. The summed E-state index contributed by atoms with van der Waals surface area (Å²) in [6, 6.07) is 10.4. The summed E-state index contributed by atoms with van der Waals surface area (Å²) in [5, 5.41) is 7.13. The molecule has 0 spiro atoms. The fourth-order valence-corrected chi connectivity index (χ4v) is 2.53. The molecule has 1 aromatic heterocycles. The van der Waals surface area contributed by atoms with Gasteiger partial charge in [-0.1, -0.05) is 12.1 Å². The van der Waals surface area contributed by atoms with Gasteiger partial charge in [-0.2, -0.15) is 5.10 Å². The monoisotopic (exact) mass is 313 g/mol. The van der Waals surface area contributed by atoms with Crippen molar-refractivity contribution < 1.29 is 9.53 Å². The van der Waals surface area contributed by atoms with Gasteiger partial charge in [0.05, 0.1) is 12.3 Å². The number of benzene rings is 1. The van der Waals surface area contributed by atoms with E-state index in [1.165, 1.54) is 10.7 Å². The van der Waals surface area contributed by atoms with Crippen molar-refractivity contribution in [1.82, 2.24) is 15.1 Å². The number of nitrogens with zero attached hydrogens (tertiary/aromatic N) is 2. The lowest BCUT2D eigenvalue weighted by Gasteiger charge is -2.10. The Morgan fingerprint density at radius 1 is 1.30 bits per heavy atom. The molecule has 6 nitrogen and oxygen atoms in total. The van der Waals surface area contributed by atoms with E-state index in [-0.39, 0.29) is 11.5 Å². The normalized spacial score (nSPS) is 17.2. The SMILES string of the molecule is Cn1nc(-c2ccc(C(=O)NCC3CCOC3)cc2)ccc1=O. The van der Waals surface area contributed by atoms with Crippen LogP contribution in [-0.2, 0) is 11.8 Å². The van der Waals surface area contributed by atoms with Crippen molar-refractivity contribution in [3.63, 3.8) is 0 Å². The van der Waals surface area contributed by atoms with Crippen LogP contribution in [0.15, 0.2) is 41.2 Å². The summed E-state index contributed by atoms with van der Waals surface area (Å²) in [6.45, 7) is 2.14. The number of aromatic nitrogens is 2. The van der Waals surface area contributed by atoms with Crippen molar-refractivity contribution in [2.45, 2.75) is 6.42 Å². The minimum atomic E-state index is -0.152. The predicted molar refractivity (Wildman–Crippen MR) is 86.2 cm³/mol. The quantitative estimate of drug-likeness (QED) is 0.921. The van der Waals surface area contributed by atoms with Gasteiger partial charge in [-0.15, -0.1) is 0 Å². The second-order valence-corrected chi connectivity index (χ2v) is 5.70. The number of hydrogen-bond acceptors (Lipinski definition) is 4.